The number of benzene rings is 1. The highest BCUT2D eigenvalue weighted by atomic mass is 19.1. The van der Waals surface area contributed by atoms with Gasteiger partial charge in [-0.1, -0.05) is 0 Å². The highest BCUT2D eigenvalue weighted by molar-refractivity contribution is 5.83. The average molecular weight is 479 g/mol. The van der Waals surface area contributed by atoms with Crippen molar-refractivity contribution in [3.8, 4) is 22.4 Å². The molecule has 0 unspecified atom stereocenters. The molecule has 0 aliphatic carbocycles. The first-order chi connectivity index (χ1) is 16.7. The molecule has 0 radical (unpaired) electrons. The Morgan fingerprint density at radius 1 is 1.09 bits per heavy atom. The molecule has 1 saturated heterocycles. The molecule has 2 aromatic heterocycles. The quantitative estimate of drug-likeness (QED) is 0.533. The summed E-state index contributed by atoms with van der Waals surface area (Å²) in [6.07, 6.45) is 4.52. The van der Waals surface area contributed by atoms with E-state index >= 15 is 0 Å². The number of carbonyl (C=O) groups is 2. The molecular weight excluding hydrogens is 447 g/mol. The summed E-state index contributed by atoms with van der Waals surface area (Å²) in [6, 6.07) is 12.5. The Labute approximate surface area is 204 Å². The molecule has 8 heteroatoms. The van der Waals surface area contributed by atoms with E-state index in [9.17, 15) is 14.0 Å². The Bertz CT molecular complexity index is 1160. The number of halogens is 1. The van der Waals surface area contributed by atoms with Crippen LogP contribution in [0.5, 0.6) is 0 Å². The standard InChI is InChI=1S/C27H31FN4O3/c1-27(2,3)35-26(34)30-17-24(33)32-14-10-19(11-15-32)23-16-22(18-8-12-29-13-9-18)25(31-23)20-4-6-21(28)7-5-20/h4-9,12-13,16,19,31H,10-11,14-15,17H2,1-3H3,(H,30,34). The highest BCUT2D eigenvalue weighted by Gasteiger charge is 2.26. The summed E-state index contributed by atoms with van der Waals surface area (Å²) in [4.78, 5) is 33.9. The van der Waals surface area contributed by atoms with Gasteiger partial charge in [0.2, 0.25) is 5.91 Å². The topological polar surface area (TPSA) is 87.3 Å². The molecule has 1 fully saturated rings. The van der Waals surface area contributed by atoms with Crippen LogP contribution in [0.15, 0.2) is 54.9 Å². The second-order valence-electron chi connectivity index (χ2n) is 9.77. The molecule has 2 amide bonds. The van der Waals surface area contributed by atoms with Crippen molar-refractivity contribution in [3.63, 3.8) is 0 Å². The third kappa shape index (κ3) is 6.26. The number of aromatic amines is 1. The van der Waals surface area contributed by atoms with E-state index in [-0.39, 0.29) is 24.2 Å². The molecule has 1 aliphatic rings. The lowest BCUT2D eigenvalue weighted by Gasteiger charge is -2.32. The predicted octanol–water partition coefficient (Wildman–Crippen LogP) is 5.11. The number of hydrogen-bond donors (Lipinski definition) is 2. The molecule has 3 aromatic rings. The summed E-state index contributed by atoms with van der Waals surface area (Å²) < 4.78 is 18.7. The number of aromatic nitrogens is 2. The number of nitrogens with one attached hydrogen (secondary N) is 2. The van der Waals surface area contributed by atoms with E-state index in [0.29, 0.717) is 13.1 Å². The largest absolute Gasteiger partial charge is 0.444 e. The maximum atomic E-state index is 13.5. The second kappa shape index (κ2) is 10.3. The molecule has 0 atom stereocenters. The first-order valence-electron chi connectivity index (χ1n) is 11.8. The van der Waals surface area contributed by atoms with E-state index in [1.165, 1.54) is 12.1 Å². The van der Waals surface area contributed by atoms with Crippen LogP contribution in [0.3, 0.4) is 0 Å². The Morgan fingerprint density at radius 3 is 2.37 bits per heavy atom. The van der Waals surface area contributed by atoms with Crippen molar-refractivity contribution in [3.05, 3.63) is 66.4 Å². The van der Waals surface area contributed by atoms with Crippen molar-refractivity contribution in [2.45, 2.75) is 45.1 Å². The molecule has 4 rings (SSSR count). The lowest BCUT2D eigenvalue weighted by atomic mass is 9.93. The Hall–Kier alpha value is -3.68. The van der Waals surface area contributed by atoms with Gasteiger partial charge in [0.15, 0.2) is 0 Å². The van der Waals surface area contributed by atoms with Crippen molar-refractivity contribution in [1.29, 1.82) is 0 Å². The summed E-state index contributed by atoms with van der Waals surface area (Å²) in [5.74, 6) is -0.137. The third-order valence-electron chi connectivity index (χ3n) is 6.03. The molecule has 35 heavy (non-hydrogen) atoms. The van der Waals surface area contributed by atoms with Crippen molar-refractivity contribution in [1.82, 2.24) is 20.2 Å². The van der Waals surface area contributed by atoms with Crippen LogP contribution in [-0.2, 0) is 9.53 Å². The van der Waals surface area contributed by atoms with E-state index in [2.05, 4.69) is 21.4 Å². The fraction of sp³-hybridized carbons (Fsp3) is 0.370. The van der Waals surface area contributed by atoms with Crippen molar-refractivity contribution in [2.24, 2.45) is 0 Å². The molecule has 0 spiro atoms. The zero-order chi connectivity index (χ0) is 25.0. The summed E-state index contributed by atoms with van der Waals surface area (Å²) in [7, 11) is 0. The molecule has 3 heterocycles. The van der Waals surface area contributed by atoms with E-state index < -0.39 is 11.7 Å². The maximum Gasteiger partial charge on any atom is 0.408 e. The van der Waals surface area contributed by atoms with Crippen LogP contribution >= 0.6 is 0 Å². The monoisotopic (exact) mass is 478 g/mol. The van der Waals surface area contributed by atoms with Gasteiger partial charge in [0.25, 0.3) is 0 Å². The van der Waals surface area contributed by atoms with Crippen LogP contribution < -0.4 is 5.32 Å². The number of hydrogen-bond acceptors (Lipinski definition) is 4. The SMILES string of the molecule is CC(C)(C)OC(=O)NCC(=O)N1CCC(c2cc(-c3ccncc3)c(-c3ccc(F)cc3)[nH]2)CC1. The minimum Gasteiger partial charge on any atom is -0.444 e. The number of ether oxygens (including phenoxy) is 1. The van der Waals surface area contributed by atoms with Crippen LogP contribution in [0.1, 0.15) is 45.2 Å². The lowest BCUT2D eigenvalue weighted by Crippen LogP contribution is -2.44. The molecule has 7 nitrogen and oxygen atoms in total. The van der Waals surface area contributed by atoms with Crippen LogP contribution in [-0.4, -0.2) is 52.1 Å². The third-order valence-corrected chi connectivity index (χ3v) is 6.03. The van der Waals surface area contributed by atoms with Gasteiger partial charge < -0.3 is 19.9 Å². The van der Waals surface area contributed by atoms with Gasteiger partial charge in [-0.2, -0.15) is 0 Å². The Kier molecular flexibility index (Phi) is 7.19. The number of piperidine rings is 1. The number of nitrogens with zero attached hydrogens (tertiary/aromatic N) is 2. The Balaban J connectivity index is 1.44. The number of amides is 2. The predicted molar refractivity (Wildman–Crippen MR) is 132 cm³/mol. The fourth-order valence-corrected chi connectivity index (χ4v) is 4.31. The maximum absolute atomic E-state index is 13.5. The van der Waals surface area contributed by atoms with Crippen molar-refractivity contribution < 1.29 is 18.7 Å². The fourth-order valence-electron chi connectivity index (χ4n) is 4.31. The molecule has 1 aliphatic heterocycles. The van der Waals surface area contributed by atoms with Gasteiger partial charge in [-0.15, -0.1) is 0 Å². The number of carbonyl (C=O) groups excluding carboxylic acids is 2. The number of H-pyrrole nitrogens is 1. The minimum absolute atomic E-state index is 0.0804. The molecule has 184 valence electrons. The van der Waals surface area contributed by atoms with Gasteiger partial charge in [0.05, 0.1) is 5.69 Å². The van der Waals surface area contributed by atoms with Gasteiger partial charge in [-0.25, -0.2) is 9.18 Å². The smallest absolute Gasteiger partial charge is 0.408 e. The summed E-state index contributed by atoms with van der Waals surface area (Å²) in [5.41, 5.74) is 4.40. The zero-order valence-corrected chi connectivity index (χ0v) is 20.3. The normalized spacial score (nSPS) is 14.6. The van der Waals surface area contributed by atoms with Gasteiger partial charge in [0.1, 0.15) is 18.0 Å². The Morgan fingerprint density at radius 2 is 1.74 bits per heavy atom. The highest BCUT2D eigenvalue weighted by Crippen LogP contribution is 2.37. The number of alkyl carbamates (subject to hydrolysis) is 1. The summed E-state index contributed by atoms with van der Waals surface area (Å²) in [5, 5.41) is 2.54. The second-order valence-corrected chi connectivity index (χ2v) is 9.77. The number of rotatable bonds is 5. The minimum atomic E-state index is -0.608. The van der Waals surface area contributed by atoms with Gasteiger partial charge in [-0.05, 0) is 87.2 Å². The number of pyridine rings is 1. The van der Waals surface area contributed by atoms with Gasteiger partial charge in [-0.3, -0.25) is 9.78 Å². The molecular formula is C27H31FN4O3. The van der Waals surface area contributed by atoms with Crippen LogP contribution in [0, 0.1) is 5.82 Å². The van der Waals surface area contributed by atoms with E-state index in [1.807, 2.05) is 12.1 Å². The first-order valence-corrected chi connectivity index (χ1v) is 11.8. The lowest BCUT2D eigenvalue weighted by molar-refractivity contribution is -0.131. The summed E-state index contributed by atoms with van der Waals surface area (Å²) >= 11 is 0. The van der Waals surface area contributed by atoms with E-state index in [1.54, 1.807) is 50.2 Å². The van der Waals surface area contributed by atoms with Crippen LogP contribution in [0.25, 0.3) is 22.4 Å². The molecule has 0 saturated carbocycles. The van der Waals surface area contributed by atoms with Crippen LogP contribution in [0.2, 0.25) is 0 Å². The van der Waals surface area contributed by atoms with Crippen molar-refractivity contribution in [2.75, 3.05) is 19.6 Å². The molecule has 1 aromatic carbocycles. The first kappa shape index (κ1) is 24.4. The van der Waals surface area contributed by atoms with E-state index in [4.69, 9.17) is 4.74 Å². The van der Waals surface area contributed by atoms with Crippen molar-refractivity contribution >= 4 is 12.0 Å². The van der Waals surface area contributed by atoms with E-state index in [0.717, 1.165) is 40.9 Å². The molecule has 2 N–H and O–H groups in total. The van der Waals surface area contributed by atoms with Gasteiger partial charge >= 0.3 is 6.09 Å². The number of likely N-dealkylation sites (tertiary alicyclic amines) is 1. The zero-order valence-electron chi connectivity index (χ0n) is 20.3. The average Bonchev–Trinajstić information content (AvgIpc) is 3.28. The van der Waals surface area contributed by atoms with Gasteiger partial charge in [0, 0.05) is 42.7 Å². The van der Waals surface area contributed by atoms with Crippen LogP contribution in [0.4, 0.5) is 9.18 Å². The summed E-state index contributed by atoms with van der Waals surface area (Å²) in [6.45, 7) is 6.47. The molecule has 0 bridgehead atoms.